The summed E-state index contributed by atoms with van der Waals surface area (Å²) < 4.78 is 15.2. The molecule has 0 radical (unpaired) electrons. The van der Waals surface area contributed by atoms with Crippen LogP contribution in [0.4, 0.5) is 4.39 Å². The van der Waals surface area contributed by atoms with Crippen molar-refractivity contribution in [2.75, 3.05) is 27.2 Å². The van der Waals surface area contributed by atoms with Crippen LogP contribution in [0.3, 0.4) is 0 Å². The van der Waals surface area contributed by atoms with Gasteiger partial charge in [-0.15, -0.1) is 0 Å². The minimum atomic E-state index is -0.292. The van der Waals surface area contributed by atoms with E-state index >= 15 is 0 Å². The van der Waals surface area contributed by atoms with Crippen LogP contribution >= 0.6 is 0 Å². The Bertz CT molecular complexity index is 976. The number of carbonyl (C=O) groups excluding carboxylic acids is 1. The Morgan fingerprint density at radius 1 is 1.17 bits per heavy atom. The number of rotatable bonds is 9. The van der Waals surface area contributed by atoms with Crippen molar-refractivity contribution in [1.29, 1.82) is 0 Å². The third-order valence-electron chi connectivity index (χ3n) is 4.67. The molecule has 0 aliphatic carbocycles. The summed E-state index contributed by atoms with van der Waals surface area (Å²) in [4.78, 5) is 19.0. The summed E-state index contributed by atoms with van der Waals surface area (Å²) >= 11 is 0. The first-order valence-electron chi connectivity index (χ1n) is 9.83. The van der Waals surface area contributed by atoms with E-state index in [9.17, 15) is 9.18 Å². The fourth-order valence-electron chi connectivity index (χ4n) is 3.21. The molecule has 3 rings (SSSR count). The third kappa shape index (κ3) is 5.99. The molecule has 1 heterocycles. The van der Waals surface area contributed by atoms with E-state index in [1.165, 1.54) is 18.2 Å². The van der Waals surface area contributed by atoms with Crippen molar-refractivity contribution in [3.63, 3.8) is 0 Å². The molecule has 0 spiro atoms. The molecule has 1 amide bonds. The van der Waals surface area contributed by atoms with E-state index in [4.69, 9.17) is 4.98 Å². The zero-order valence-electron chi connectivity index (χ0n) is 16.9. The van der Waals surface area contributed by atoms with E-state index in [1.54, 1.807) is 18.2 Å². The van der Waals surface area contributed by atoms with Crippen molar-refractivity contribution >= 4 is 23.0 Å². The maximum atomic E-state index is 12.9. The van der Waals surface area contributed by atoms with Crippen LogP contribution in [0.15, 0.2) is 54.6 Å². The van der Waals surface area contributed by atoms with E-state index in [2.05, 4.69) is 34.9 Å². The van der Waals surface area contributed by atoms with Crippen LogP contribution in [-0.2, 0) is 17.8 Å². The molecular weight excluding hydrogens is 367 g/mol. The molecule has 0 atom stereocenters. The molecule has 0 bridgehead atoms. The maximum Gasteiger partial charge on any atom is 0.244 e. The van der Waals surface area contributed by atoms with Crippen LogP contribution in [0.5, 0.6) is 0 Å². The zero-order valence-corrected chi connectivity index (χ0v) is 16.9. The van der Waals surface area contributed by atoms with Crippen molar-refractivity contribution in [1.82, 2.24) is 19.8 Å². The summed E-state index contributed by atoms with van der Waals surface area (Å²) in [6.45, 7) is 2.41. The van der Waals surface area contributed by atoms with Gasteiger partial charge in [0.2, 0.25) is 5.91 Å². The van der Waals surface area contributed by atoms with Crippen LogP contribution in [0.2, 0.25) is 0 Å². The van der Waals surface area contributed by atoms with E-state index in [-0.39, 0.29) is 11.7 Å². The lowest BCUT2D eigenvalue weighted by molar-refractivity contribution is -0.116. The van der Waals surface area contributed by atoms with Gasteiger partial charge < -0.3 is 14.8 Å². The normalized spacial score (nSPS) is 11.6. The third-order valence-corrected chi connectivity index (χ3v) is 4.67. The zero-order chi connectivity index (χ0) is 20.6. The molecule has 2 aromatic carbocycles. The molecule has 0 unspecified atom stereocenters. The number of aryl methyl sites for hydroxylation is 1. The number of carbonyl (C=O) groups is 1. The summed E-state index contributed by atoms with van der Waals surface area (Å²) in [5.41, 5.74) is 2.89. The van der Waals surface area contributed by atoms with Crippen LogP contribution in [0.1, 0.15) is 17.8 Å². The number of para-hydroxylation sites is 2. The molecule has 152 valence electrons. The van der Waals surface area contributed by atoms with Gasteiger partial charge in [0.15, 0.2) is 0 Å². The molecule has 0 fully saturated rings. The first-order valence-corrected chi connectivity index (χ1v) is 9.83. The lowest BCUT2D eigenvalue weighted by Crippen LogP contribution is -2.24. The van der Waals surface area contributed by atoms with Gasteiger partial charge in [-0.1, -0.05) is 24.3 Å². The Kier molecular flexibility index (Phi) is 7.14. The van der Waals surface area contributed by atoms with Gasteiger partial charge in [0.25, 0.3) is 0 Å². The summed E-state index contributed by atoms with van der Waals surface area (Å²) in [7, 11) is 4.14. The fraction of sp³-hybridized carbons (Fsp3) is 0.304. The molecule has 5 nitrogen and oxygen atoms in total. The quantitative estimate of drug-likeness (QED) is 0.565. The number of imidazole rings is 1. The van der Waals surface area contributed by atoms with Crippen molar-refractivity contribution in [2.24, 2.45) is 0 Å². The van der Waals surface area contributed by atoms with E-state index < -0.39 is 0 Å². The van der Waals surface area contributed by atoms with Crippen molar-refractivity contribution < 1.29 is 9.18 Å². The Morgan fingerprint density at radius 2 is 1.93 bits per heavy atom. The van der Waals surface area contributed by atoms with Crippen LogP contribution in [-0.4, -0.2) is 47.5 Å². The standard InChI is InChI=1S/C23H27FN4O/c1-27(2)16-5-17-28-21-7-4-3-6-20(21)26-22(28)14-15-25-23(29)13-10-18-8-11-19(24)12-9-18/h3-4,6-13H,5,14-17H2,1-2H3,(H,25,29)/b13-10+. The smallest absolute Gasteiger partial charge is 0.244 e. The van der Waals surface area contributed by atoms with Gasteiger partial charge in [0, 0.05) is 25.6 Å². The Labute approximate surface area is 170 Å². The number of amides is 1. The average molecular weight is 394 g/mol. The Morgan fingerprint density at radius 3 is 2.69 bits per heavy atom. The Balaban J connectivity index is 1.59. The second kappa shape index (κ2) is 9.98. The number of fused-ring (bicyclic) bond motifs is 1. The summed E-state index contributed by atoms with van der Waals surface area (Å²) in [5, 5.41) is 2.90. The first-order chi connectivity index (χ1) is 14.0. The lowest BCUT2D eigenvalue weighted by atomic mass is 10.2. The highest BCUT2D eigenvalue weighted by molar-refractivity contribution is 5.91. The lowest BCUT2D eigenvalue weighted by Gasteiger charge is -2.12. The van der Waals surface area contributed by atoms with E-state index in [1.807, 2.05) is 18.2 Å². The van der Waals surface area contributed by atoms with Crippen LogP contribution in [0.25, 0.3) is 17.1 Å². The topological polar surface area (TPSA) is 50.2 Å². The van der Waals surface area contributed by atoms with Gasteiger partial charge in [-0.3, -0.25) is 4.79 Å². The monoisotopic (exact) mass is 394 g/mol. The highest BCUT2D eigenvalue weighted by Crippen LogP contribution is 2.17. The number of nitrogens with one attached hydrogen (secondary N) is 1. The number of hydrogen-bond acceptors (Lipinski definition) is 3. The molecule has 1 N–H and O–H groups in total. The molecule has 29 heavy (non-hydrogen) atoms. The molecular formula is C23H27FN4O. The average Bonchev–Trinajstić information content (AvgIpc) is 3.05. The van der Waals surface area contributed by atoms with E-state index in [0.717, 1.165) is 41.9 Å². The van der Waals surface area contributed by atoms with Gasteiger partial charge in [0.1, 0.15) is 11.6 Å². The fourth-order valence-corrected chi connectivity index (χ4v) is 3.21. The summed E-state index contributed by atoms with van der Waals surface area (Å²) in [6.07, 6.45) is 4.83. The highest BCUT2D eigenvalue weighted by atomic mass is 19.1. The van der Waals surface area contributed by atoms with Gasteiger partial charge in [-0.25, -0.2) is 9.37 Å². The maximum absolute atomic E-state index is 12.9. The molecule has 0 saturated carbocycles. The molecule has 3 aromatic rings. The van der Waals surface area contributed by atoms with Crippen LogP contribution in [0, 0.1) is 5.82 Å². The number of aromatic nitrogens is 2. The largest absolute Gasteiger partial charge is 0.352 e. The minimum Gasteiger partial charge on any atom is -0.352 e. The molecule has 0 aliphatic rings. The minimum absolute atomic E-state index is 0.176. The van der Waals surface area contributed by atoms with Gasteiger partial charge >= 0.3 is 0 Å². The number of halogens is 1. The SMILES string of the molecule is CN(C)CCCn1c(CCNC(=O)/C=C/c2ccc(F)cc2)nc2ccccc21. The van der Waals surface area contributed by atoms with Crippen molar-refractivity contribution in [3.05, 3.63) is 71.8 Å². The predicted molar refractivity (Wildman–Crippen MR) is 115 cm³/mol. The van der Waals surface area contributed by atoms with E-state index in [0.29, 0.717) is 13.0 Å². The number of hydrogen-bond donors (Lipinski definition) is 1. The van der Waals surface area contributed by atoms with Gasteiger partial charge in [-0.05, 0) is 63.0 Å². The van der Waals surface area contributed by atoms with Crippen molar-refractivity contribution in [2.45, 2.75) is 19.4 Å². The highest BCUT2D eigenvalue weighted by Gasteiger charge is 2.10. The second-order valence-electron chi connectivity index (χ2n) is 7.25. The number of nitrogens with zero attached hydrogens (tertiary/aromatic N) is 3. The van der Waals surface area contributed by atoms with Gasteiger partial charge in [0.05, 0.1) is 11.0 Å². The molecule has 1 aromatic heterocycles. The summed E-state index contributed by atoms with van der Waals surface area (Å²) in [6, 6.07) is 14.1. The number of benzene rings is 2. The Hall–Kier alpha value is -2.99. The molecule has 0 saturated heterocycles. The van der Waals surface area contributed by atoms with Crippen LogP contribution < -0.4 is 5.32 Å². The molecule has 6 heteroatoms. The first kappa shape index (κ1) is 20.7. The molecule has 0 aliphatic heterocycles. The summed E-state index contributed by atoms with van der Waals surface area (Å²) in [5.74, 6) is 0.512. The van der Waals surface area contributed by atoms with Crippen molar-refractivity contribution in [3.8, 4) is 0 Å². The second-order valence-corrected chi connectivity index (χ2v) is 7.25. The van der Waals surface area contributed by atoms with Gasteiger partial charge in [-0.2, -0.15) is 0 Å². The predicted octanol–water partition coefficient (Wildman–Crippen LogP) is 3.50.